The number of carbonyl (C=O) groups excluding carboxylic acids is 1. The highest BCUT2D eigenvalue weighted by molar-refractivity contribution is 7.10. The van der Waals surface area contributed by atoms with Crippen LogP contribution in [0.15, 0.2) is 41.8 Å². The average Bonchev–Trinajstić information content (AvgIpc) is 2.92. The number of carbonyl (C=O) groups is 1. The lowest BCUT2D eigenvalue weighted by atomic mass is 10.1. The van der Waals surface area contributed by atoms with Crippen LogP contribution >= 0.6 is 11.3 Å². The van der Waals surface area contributed by atoms with E-state index in [-0.39, 0.29) is 11.8 Å². The minimum Gasteiger partial charge on any atom is -0.378 e. The van der Waals surface area contributed by atoms with E-state index in [0.29, 0.717) is 6.42 Å². The van der Waals surface area contributed by atoms with Crippen LogP contribution in [0.2, 0.25) is 0 Å². The Morgan fingerprint density at radius 1 is 1.28 bits per heavy atom. The lowest BCUT2D eigenvalue weighted by Gasteiger charge is -2.13. The van der Waals surface area contributed by atoms with Gasteiger partial charge >= 0.3 is 0 Å². The van der Waals surface area contributed by atoms with Gasteiger partial charge in [-0.15, -0.1) is 11.3 Å². The molecule has 1 atom stereocenters. The van der Waals surface area contributed by atoms with Crippen molar-refractivity contribution in [2.24, 2.45) is 0 Å². The maximum absolute atomic E-state index is 11.5. The molecule has 2 nitrogen and oxygen atoms in total. The predicted molar refractivity (Wildman–Crippen MR) is 77.4 cm³/mol. The van der Waals surface area contributed by atoms with Crippen molar-refractivity contribution in [3.05, 3.63) is 52.2 Å². The van der Waals surface area contributed by atoms with Crippen LogP contribution in [0.5, 0.6) is 0 Å². The molecule has 0 spiro atoms. The number of nitrogens with one attached hydrogen (secondary N) is 1. The van der Waals surface area contributed by atoms with E-state index in [1.54, 1.807) is 11.3 Å². The summed E-state index contributed by atoms with van der Waals surface area (Å²) in [5.74, 6) is 0.188. The minimum absolute atomic E-state index is 0.188. The number of thiophene rings is 1. The molecular formula is C15H17NOS. The van der Waals surface area contributed by atoms with Crippen LogP contribution in [-0.4, -0.2) is 5.78 Å². The van der Waals surface area contributed by atoms with E-state index in [1.165, 1.54) is 4.88 Å². The molecule has 0 saturated carbocycles. The number of benzene rings is 1. The normalized spacial score (nSPS) is 12.1. The van der Waals surface area contributed by atoms with Gasteiger partial charge in [0, 0.05) is 22.5 Å². The lowest BCUT2D eigenvalue weighted by Crippen LogP contribution is -2.05. The second-order valence-electron chi connectivity index (χ2n) is 4.24. The van der Waals surface area contributed by atoms with Crippen LogP contribution in [0.3, 0.4) is 0 Å². The van der Waals surface area contributed by atoms with Crippen LogP contribution in [0.25, 0.3) is 0 Å². The molecule has 0 bridgehead atoms. The van der Waals surface area contributed by atoms with E-state index in [2.05, 4.69) is 29.8 Å². The third kappa shape index (κ3) is 2.99. The molecule has 3 heteroatoms. The number of ketones is 1. The molecule has 0 aliphatic carbocycles. The molecule has 2 aromatic rings. The minimum atomic E-state index is 0.188. The van der Waals surface area contributed by atoms with E-state index in [9.17, 15) is 4.79 Å². The molecule has 0 fully saturated rings. The zero-order valence-electron chi connectivity index (χ0n) is 10.6. The predicted octanol–water partition coefficient (Wildman–Crippen LogP) is 4.51. The monoisotopic (exact) mass is 259 g/mol. The fraction of sp³-hybridized carbons (Fsp3) is 0.267. The van der Waals surface area contributed by atoms with Crippen molar-refractivity contribution in [2.75, 3.05) is 5.32 Å². The van der Waals surface area contributed by atoms with Gasteiger partial charge in [0.1, 0.15) is 0 Å². The summed E-state index contributed by atoms with van der Waals surface area (Å²) in [4.78, 5) is 12.8. The Morgan fingerprint density at radius 3 is 2.56 bits per heavy atom. The van der Waals surface area contributed by atoms with E-state index >= 15 is 0 Å². The molecule has 1 N–H and O–H groups in total. The van der Waals surface area contributed by atoms with Crippen molar-refractivity contribution in [3.63, 3.8) is 0 Å². The summed E-state index contributed by atoms with van der Waals surface area (Å²) in [6.45, 7) is 4.02. The number of hydrogen-bond donors (Lipinski definition) is 1. The van der Waals surface area contributed by atoms with Gasteiger partial charge < -0.3 is 5.32 Å². The standard InChI is InChI=1S/C15H17NOS/c1-3-14(17)12-6-8-13(9-7-12)16-11(2)15-5-4-10-18-15/h4-11,16H,3H2,1-2H3. The summed E-state index contributed by atoms with van der Waals surface area (Å²) in [6.07, 6.45) is 0.554. The van der Waals surface area contributed by atoms with E-state index in [0.717, 1.165) is 11.3 Å². The van der Waals surface area contributed by atoms with Crippen LogP contribution < -0.4 is 5.32 Å². The third-order valence-electron chi connectivity index (χ3n) is 2.88. The number of hydrogen-bond acceptors (Lipinski definition) is 3. The summed E-state index contributed by atoms with van der Waals surface area (Å²) in [5, 5.41) is 5.51. The molecule has 94 valence electrons. The molecule has 0 aliphatic heterocycles. The molecule has 0 aliphatic rings. The van der Waals surface area contributed by atoms with Crippen LogP contribution in [0.1, 0.15) is 41.5 Å². The maximum atomic E-state index is 11.5. The summed E-state index contributed by atoms with van der Waals surface area (Å²) >= 11 is 1.75. The van der Waals surface area contributed by atoms with E-state index in [4.69, 9.17) is 0 Å². The molecular weight excluding hydrogens is 242 g/mol. The third-order valence-corrected chi connectivity index (χ3v) is 3.94. The quantitative estimate of drug-likeness (QED) is 0.800. The topological polar surface area (TPSA) is 29.1 Å². The Kier molecular flexibility index (Phi) is 4.15. The Balaban J connectivity index is 2.04. The molecule has 0 saturated heterocycles. The first-order valence-corrected chi connectivity index (χ1v) is 7.02. The Labute approximate surface area is 112 Å². The van der Waals surface area contributed by atoms with Crippen molar-refractivity contribution in [3.8, 4) is 0 Å². The van der Waals surface area contributed by atoms with Gasteiger partial charge in [0.25, 0.3) is 0 Å². The second kappa shape index (κ2) is 5.83. The molecule has 1 aromatic heterocycles. The molecule has 0 radical (unpaired) electrons. The molecule has 1 aromatic carbocycles. The van der Waals surface area contributed by atoms with Gasteiger partial charge in [0.05, 0.1) is 6.04 Å². The second-order valence-corrected chi connectivity index (χ2v) is 5.21. The van der Waals surface area contributed by atoms with Crippen molar-refractivity contribution in [1.29, 1.82) is 0 Å². The molecule has 1 heterocycles. The average molecular weight is 259 g/mol. The van der Waals surface area contributed by atoms with Gasteiger partial charge in [-0.25, -0.2) is 0 Å². The first-order chi connectivity index (χ1) is 8.70. The zero-order valence-corrected chi connectivity index (χ0v) is 11.5. The smallest absolute Gasteiger partial charge is 0.162 e. The molecule has 18 heavy (non-hydrogen) atoms. The zero-order chi connectivity index (χ0) is 13.0. The van der Waals surface area contributed by atoms with Crippen molar-refractivity contribution in [1.82, 2.24) is 0 Å². The lowest BCUT2D eigenvalue weighted by molar-refractivity contribution is 0.0988. The van der Waals surface area contributed by atoms with Crippen molar-refractivity contribution >= 4 is 22.8 Å². The summed E-state index contributed by atoms with van der Waals surface area (Å²) in [6, 6.07) is 12.2. The van der Waals surface area contributed by atoms with Gasteiger partial charge in [-0.1, -0.05) is 13.0 Å². The maximum Gasteiger partial charge on any atom is 0.162 e. The van der Waals surface area contributed by atoms with Crippen molar-refractivity contribution in [2.45, 2.75) is 26.3 Å². The number of anilines is 1. The first kappa shape index (κ1) is 12.8. The van der Waals surface area contributed by atoms with Gasteiger partial charge in [-0.05, 0) is 42.6 Å². The summed E-state index contributed by atoms with van der Waals surface area (Å²) in [7, 11) is 0. The summed E-state index contributed by atoms with van der Waals surface area (Å²) in [5.41, 5.74) is 1.83. The Bertz CT molecular complexity index is 502. The van der Waals surface area contributed by atoms with Gasteiger partial charge in [-0.2, -0.15) is 0 Å². The molecule has 0 amide bonds. The Hall–Kier alpha value is -1.61. The van der Waals surface area contributed by atoms with E-state index < -0.39 is 0 Å². The van der Waals surface area contributed by atoms with Crippen LogP contribution in [0.4, 0.5) is 5.69 Å². The highest BCUT2D eigenvalue weighted by Crippen LogP contribution is 2.23. The van der Waals surface area contributed by atoms with Gasteiger partial charge in [-0.3, -0.25) is 4.79 Å². The van der Waals surface area contributed by atoms with E-state index in [1.807, 2.05) is 31.2 Å². The SMILES string of the molecule is CCC(=O)c1ccc(NC(C)c2cccs2)cc1. The molecule has 1 unspecified atom stereocenters. The highest BCUT2D eigenvalue weighted by atomic mass is 32.1. The molecule has 2 rings (SSSR count). The van der Waals surface area contributed by atoms with Crippen LogP contribution in [0, 0.1) is 0 Å². The summed E-state index contributed by atoms with van der Waals surface area (Å²) < 4.78 is 0. The number of Topliss-reactive ketones (excluding diaryl/α,β-unsaturated/α-hetero) is 1. The number of rotatable bonds is 5. The van der Waals surface area contributed by atoms with Crippen LogP contribution in [-0.2, 0) is 0 Å². The largest absolute Gasteiger partial charge is 0.378 e. The highest BCUT2D eigenvalue weighted by Gasteiger charge is 2.07. The fourth-order valence-corrected chi connectivity index (χ4v) is 2.55. The van der Waals surface area contributed by atoms with Crippen molar-refractivity contribution < 1.29 is 4.79 Å². The van der Waals surface area contributed by atoms with Gasteiger partial charge in [0.15, 0.2) is 5.78 Å². The van der Waals surface area contributed by atoms with Gasteiger partial charge in [0.2, 0.25) is 0 Å². The first-order valence-electron chi connectivity index (χ1n) is 6.14. The Morgan fingerprint density at radius 2 is 2.00 bits per heavy atom. The fourth-order valence-electron chi connectivity index (χ4n) is 1.82.